The summed E-state index contributed by atoms with van der Waals surface area (Å²) in [7, 11) is 0. The van der Waals surface area contributed by atoms with Crippen molar-refractivity contribution in [1.82, 2.24) is 10.2 Å². The maximum absolute atomic E-state index is 14.6. The largest absolute Gasteiger partial charge is 0.370 e. The monoisotopic (exact) mass is 642 g/mol. The minimum atomic E-state index is -0.593. The number of hydrogen-bond acceptors (Lipinski definition) is 5. The van der Waals surface area contributed by atoms with Gasteiger partial charge in [0.2, 0.25) is 0 Å². The standard InChI is InChI=1S/C40H48F2N2O3/c1-29-39(47-28-40(2,3)4)46-27-36(43-29)38(45-26-32-18-12-7-13-19-32)37(22-33-20-34(41)23-35(42)21-33)44(24-30-14-8-5-9-15-30)25-31-16-10-6-11-17-31/h5-21,23,29,36-39,43H,22,24-28H2,1-4H3/t29-,36+,37?,38+,39-/m0/s1. The van der Waals surface area contributed by atoms with Crippen molar-refractivity contribution in [3.63, 3.8) is 0 Å². The zero-order valence-electron chi connectivity index (χ0n) is 27.9. The number of hydrogen-bond donors (Lipinski definition) is 1. The zero-order chi connectivity index (χ0) is 33.2. The molecule has 0 saturated carbocycles. The first-order chi connectivity index (χ1) is 22.6. The maximum atomic E-state index is 14.6. The molecule has 4 aromatic carbocycles. The van der Waals surface area contributed by atoms with Gasteiger partial charge in [0.05, 0.1) is 38.0 Å². The molecule has 5 atom stereocenters. The molecule has 7 heteroatoms. The molecule has 1 saturated heterocycles. The molecule has 0 aliphatic carbocycles. The molecule has 47 heavy (non-hydrogen) atoms. The maximum Gasteiger partial charge on any atom is 0.172 e. The van der Waals surface area contributed by atoms with Gasteiger partial charge in [-0.05, 0) is 53.1 Å². The minimum absolute atomic E-state index is 0.00195. The first-order valence-electron chi connectivity index (χ1n) is 16.5. The fraction of sp³-hybridized carbons (Fsp3) is 0.400. The first-order valence-corrected chi connectivity index (χ1v) is 16.5. The molecule has 250 valence electrons. The average molecular weight is 643 g/mol. The molecule has 0 radical (unpaired) electrons. The molecule has 1 unspecified atom stereocenters. The summed E-state index contributed by atoms with van der Waals surface area (Å²) in [6.45, 7) is 11.0. The van der Waals surface area contributed by atoms with E-state index in [1.165, 1.54) is 12.1 Å². The molecule has 0 bridgehead atoms. The normalized spacial score (nSPS) is 19.9. The van der Waals surface area contributed by atoms with Crippen molar-refractivity contribution < 1.29 is 23.0 Å². The fourth-order valence-electron chi connectivity index (χ4n) is 6.13. The third kappa shape index (κ3) is 10.8. The predicted octanol–water partition coefficient (Wildman–Crippen LogP) is 7.93. The third-order valence-corrected chi connectivity index (χ3v) is 8.36. The molecular weight excluding hydrogens is 594 g/mol. The van der Waals surface area contributed by atoms with Crippen molar-refractivity contribution >= 4 is 0 Å². The van der Waals surface area contributed by atoms with Crippen LogP contribution in [0.5, 0.6) is 0 Å². The van der Waals surface area contributed by atoms with Crippen LogP contribution >= 0.6 is 0 Å². The Kier molecular flexibility index (Phi) is 12.3. The molecule has 1 aliphatic heterocycles. The van der Waals surface area contributed by atoms with Crippen LogP contribution in [0.3, 0.4) is 0 Å². The number of nitrogens with zero attached hydrogens (tertiary/aromatic N) is 1. The van der Waals surface area contributed by atoms with Crippen LogP contribution < -0.4 is 5.32 Å². The van der Waals surface area contributed by atoms with Gasteiger partial charge in [-0.2, -0.15) is 0 Å². The Hall–Kier alpha value is -3.46. The van der Waals surface area contributed by atoms with E-state index in [1.807, 2.05) is 66.7 Å². The van der Waals surface area contributed by atoms with Crippen molar-refractivity contribution in [3.8, 4) is 0 Å². The van der Waals surface area contributed by atoms with Crippen LogP contribution in [0, 0.1) is 17.0 Å². The lowest BCUT2D eigenvalue weighted by molar-refractivity contribution is -0.206. The summed E-state index contributed by atoms with van der Waals surface area (Å²) in [6.07, 6.45) is -0.453. The SMILES string of the molecule is C[C@@H]1N[C@@H]([C@@H](OCc2ccccc2)C(Cc2cc(F)cc(F)c2)N(Cc2ccccc2)Cc2ccccc2)CO[C@H]1OCC(C)(C)C. The lowest BCUT2D eigenvalue weighted by Gasteiger charge is -2.45. The molecule has 0 aromatic heterocycles. The van der Waals surface area contributed by atoms with Crippen LogP contribution in [0.15, 0.2) is 109 Å². The molecule has 1 N–H and O–H groups in total. The molecule has 0 amide bonds. The summed E-state index contributed by atoms with van der Waals surface area (Å²) in [6, 6.07) is 33.8. The van der Waals surface area contributed by atoms with Crippen LogP contribution in [-0.2, 0) is 40.3 Å². The van der Waals surface area contributed by atoms with Crippen molar-refractivity contribution in [1.29, 1.82) is 0 Å². The Bertz CT molecular complexity index is 1440. The van der Waals surface area contributed by atoms with Gasteiger partial charge in [0.25, 0.3) is 0 Å². The van der Waals surface area contributed by atoms with Crippen LogP contribution in [0.2, 0.25) is 0 Å². The lowest BCUT2D eigenvalue weighted by Crippen LogP contribution is -2.63. The van der Waals surface area contributed by atoms with Gasteiger partial charge in [-0.15, -0.1) is 0 Å². The van der Waals surface area contributed by atoms with Gasteiger partial charge in [0, 0.05) is 25.2 Å². The average Bonchev–Trinajstić information content (AvgIpc) is 3.04. The number of ether oxygens (including phenoxy) is 3. The lowest BCUT2D eigenvalue weighted by atomic mass is 9.92. The van der Waals surface area contributed by atoms with Crippen LogP contribution in [0.4, 0.5) is 8.78 Å². The van der Waals surface area contributed by atoms with Gasteiger partial charge < -0.3 is 19.5 Å². The van der Waals surface area contributed by atoms with Crippen molar-refractivity contribution in [3.05, 3.63) is 143 Å². The third-order valence-electron chi connectivity index (χ3n) is 8.36. The highest BCUT2D eigenvalue weighted by Crippen LogP contribution is 2.27. The summed E-state index contributed by atoms with van der Waals surface area (Å²) in [5.74, 6) is -1.19. The summed E-state index contributed by atoms with van der Waals surface area (Å²) in [5.41, 5.74) is 3.89. The Morgan fingerprint density at radius 1 is 0.787 bits per heavy atom. The Balaban J connectivity index is 1.53. The molecule has 5 nitrogen and oxygen atoms in total. The second-order valence-electron chi connectivity index (χ2n) is 13.8. The summed E-state index contributed by atoms with van der Waals surface area (Å²) in [4.78, 5) is 2.37. The van der Waals surface area contributed by atoms with E-state index in [0.717, 1.165) is 22.8 Å². The van der Waals surface area contributed by atoms with Gasteiger partial charge in [-0.3, -0.25) is 4.90 Å². The highest BCUT2D eigenvalue weighted by atomic mass is 19.1. The van der Waals surface area contributed by atoms with Crippen LogP contribution in [-0.4, -0.2) is 48.6 Å². The first kappa shape index (κ1) is 34.9. The summed E-state index contributed by atoms with van der Waals surface area (Å²) in [5, 5.41) is 3.76. The highest BCUT2D eigenvalue weighted by molar-refractivity contribution is 5.22. The van der Waals surface area contributed by atoms with Crippen molar-refractivity contribution in [2.24, 2.45) is 5.41 Å². The van der Waals surface area contributed by atoms with Crippen molar-refractivity contribution in [2.45, 2.75) is 84.3 Å². The second kappa shape index (κ2) is 16.6. The van der Waals surface area contributed by atoms with E-state index in [2.05, 4.69) is 62.2 Å². The van der Waals surface area contributed by atoms with E-state index in [4.69, 9.17) is 14.2 Å². The Morgan fingerprint density at radius 3 is 1.83 bits per heavy atom. The van der Waals surface area contributed by atoms with E-state index >= 15 is 0 Å². The van der Waals surface area contributed by atoms with Gasteiger partial charge in [0.15, 0.2) is 6.29 Å². The van der Waals surface area contributed by atoms with E-state index in [1.54, 1.807) is 0 Å². The number of morpholine rings is 1. The number of halogens is 2. The fourth-order valence-corrected chi connectivity index (χ4v) is 6.13. The topological polar surface area (TPSA) is 43.0 Å². The molecule has 1 heterocycles. The van der Waals surface area contributed by atoms with Crippen LogP contribution in [0.1, 0.15) is 49.9 Å². The van der Waals surface area contributed by atoms with Gasteiger partial charge >= 0.3 is 0 Å². The number of benzene rings is 4. The quantitative estimate of drug-likeness (QED) is 0.151. The smallest absolute Gasteiger partial charge is 0.172 e. The molecule has 5 rings (SSSR count). The Morgan fingerprint density at radius 2 is 1.32 bits per heavy atom. The van der Waals surface area contributed by atoms with Crippen molar-refractivity contribution in [2.75, 3.05) is 13.2 Å². The van der Waals surface area contributed by atoms with E-state index in [0.29, 0.717) is 44.9 Å². The molecule has 1 aliphatic rings. The minimum Gasteiger partial charge on any atom is -0.370 e. The second-order valence-corrected chi connectivity index (χ2v) is 13.8. The zero-order valence-corrected chi connectivity index (χ0v) is 27.9. The van der Waals surface area contributed by atoms with Gasteiger partial charge in [-0.1, -0.05) is 112 Å². The summed E-state index contributed by atoms with van der Waals surface area (Å²) < 4.78 is 48.7. The number of nitrogens with one attached hydrogen (secondary N) is 1. The number of rotatable bonds is 14. The molecular formula is C40H48F2N2O3. The Labute approximate surface area is 278 Å². The molecule has 4 aromatic rings. The van der Waals surface area contributed by atoms with E-state index in [9.17, 15) is 8.78 Å². The summed E-state index contributed by atoms with van der Waals surface area (Å²) >= 11 is 0. The predicted molar refractivity (Wildman–Crippen MR) is 183 cm³/mol. The van der Waals surface area contributed by atoms with Crippen LogP contribution in [0.25, 0.3) is 0 Å². The van der Waals surface area contributed by atoms with Gasteiger partial charge in [-0.25, -0.2) is 8.78 Å². The van der Waals surface area contributed by atoms with E-state index < -0.39 is 24.0 Å². The molecule has 1 fully saturated rings. The highest BCUT2D eigenvalue weighted by Gasteiger charge is 2.40. The van der Waals surface area contributed by atoms with Gasteiger partial charge in [0.1, 0.15) is 11.6 Å². The molecule has 0 spiro atoms. The van der Waals surface area contributed by atoms with E-state index in [-0.39, 0.29) is 23.5 Å².